The first-order valence-corrected chi connectivity index (χ1v) is 12.1. The lowest BCUT2D eigenvalue weighted by atomic mass is 10.1. The Morgan fingerprint density at radius 3 is 2.50 bits per heavy atom. The summed E-state index contributed by atoms with van der Waals surface area (Å²) < 4.78 is 58.4. The predicted molar refractivity (Wildman–Crippen MR) is 130 cm³/mol. The van der Waals surface area contributed by atoms with Crippen molar-refractivity contribution in [3.63, 3.8) is 0 Å². The number of nitrogens with one attached hydrogen (secondary N) is 1. The minimum atomic E-state index is -4.51. The number of aromatic nitrogens is 4. The molecule has 202 valence electrons. The van der Waals surface area contributed by atoms with Gasteiger partial charge in [0, 0.05) is 62.1 Å². The van der Waals surface area contributed by atoms with Crippen molar-refractivity contribution in [1.29, 1.82) is 0 Å². The Bertz CT molecular complexity index is 1390. The van der Waals surface area contributed by atoms with E-state index in [2.05, 4.69) is 20.2 Å². The van der Waals surface area contributed by atoms with Gasteiger partial charge in [-0.2, -0.15) is 18.3 Å². The van der Waals surface area contributed by atoms with Gasteiger partial charge in [0.2, 0.25) is 11.9 Å². The number of ether oxygens (including phenoxy) is 1. The summed E-state index contributed by atoms with van der Waals surface area (Å²) in [6, 6.07) is 2.54. The van der Waals surface area contributed by atoms with Crippen molar-refractivity contribution in [2.24, 2.45) is 0 Å². The number of hydrogen-bond acceptors (Lipinski definition) is 8. The van der Waals surface area contributed by atoms with Crippen molar-refractivity contribution >= 4 is 40.0 Å². The summed E-state index contributed by atoms with van der Waals surface area (Å²) in [5.74, 6) is -0.378. The molecule has 1 amide bonds. The Labute approximate surface area is 218 Å². The Balaban J connectivity index is 1.20. The van der Waals surface area contributed by atoms with Crippen molar-refractivity contribution in [2.45, 2.75) is 18.7 Å². The highest BCUT2D eigenvalue weighted by atomic mass is 35.5. The molecule has 0 spiro atoms. The molecule has 0 radical (unpaired) electrons. The van der Waals surface area contributed by atoms with Crippen LogP contribution in [0.3, 0.4) is 0 Å². The van der Waals surface area contributed by atoms with Gasteiger partial charge in [0.25, 0.3) is 5.56 Å². The lowest BCUT2D eigenvalue weighted by Gasteiger charge is -2.37. The molecule has 5 rings (SSSR count). The first-order chi connectivity index (χ1) is 18.1. The summed E-state index contributed by atoms with van der Waals surface area (Å²) in [5, 5.41) is 6.68. The molecule has 2 aromatic heterocycles. The smallest absolute Gasteiger partial charge is 0.374 e. The van der Waals surface area contributed by atoms with E-state index >= 15 is 0 Å². The van der Waals surface area contributed by atoms with Crippen LogP contribution in [-0.2, 0) is 15.7 Å². The molecule has 2 saturated heterocycles. The molecule has 2 aliphatic rings. The minimum absolute atomic E-state index is 0.0870. The Hall–Kier alpha value is -3.52. The molecule has 4 heterocycles. The fourth-order valence-electron chi connectivity index (χ4n) is 4.59. The molecular weight excluding hydrogens is 534 g/mol. The van der Waals surface area contributed by atoms with Crippen LogP contribution in [0.2, 0.25) is 5.02 Å². The average molecular weight is 556 g/mol. The maximum atomic E-state index is 14.4. The van der Waals surface area contributed by atoms with E-state index in [0.29, 0.717) is 45.1 Å². The number of amides is 1. The van der Waals surface area contributed by atoms with E-state index in [1.807, 2.05) is 4.90 Å². The third-order valence-electron chi connectivity index (χ3n) is 6.51. The van der Waals surface area contributed by atoms with Gasteiger partial charge in [0.1, 0.15) is 5.82 Å². The molecule has 0 bridgehead atoms. The van der Waals surface area contributed by atoms with Gasteiger partial charge in [-0.25, -0.2) is 19.5 Å². The van der Waals surface area contributed by atoms with Crippen LogP contribution in [0.15, 0.2) is 29.3 Å². The van der Waals surface area contributed by atoms with Crippen LogP contribution in [0.4, 0.5) is 29.3 Å². The van der Waals surface area contributed by atoms with E-state index < -0.39 is 29.2 Å². The number of halogens is 5. The summed E-state index contributed by atoms with van der Waals surface area (Å²) in [6.45, 7) is 2.43. The van der Waals surface area contributed by atoms with E-state index in [1.165, 1.54) is 6.07 Å². The lowest BCUT2D eigenvalue weighted by Crippen LogP contribution is -2.51. The van der Waals surface area contributed by atoms with Crippen molar-refractivity contribution in [1.82, 2.24) is 25.1 Å². The summed E-state index contributed by atoms with van der Waals surface area (Å²) >= 11 is 6.02. The van der Waals surface area contributed by atoms with E-state index in [1.54, 1.807) is 9.80 Å². The maximum absolute atomic E-state index is 14.4. The molecule has 1 aromatic carbocycles. The molecule has 15 heteroatoms. The van der Waals surface area contributed by atoms with Crippen LogP contribution in [0, 0.1) is 5.82 Å². The number of benzene rings is 1. The van der Waals surface area contributed by atoms with Gasteiger partial charge in [0.15, 0.2) is 5.82 Å². The number of fused-ring (bicyclic) bond motifs is 1. The molecule has 0 aliphatic carbocycles. The largest absolute Gasteiger partial charge is 0.419 e. The standard InChI is InChI=1S/C23H22ClF4N7O3/c24-14-7-16-19(17(25)8-14)21(37)32-31-20(16)35-5-6-38-15(12-35)9-18(36)33-1-3-34(4-2-33)22-29-10-13(11-30-22)23(26,27)28/h7-8,10-11,15H,1-6,9,12H2,(H,32,37). The Morgan fingerprint density at radius 2 is 1.82 bits per heavy atom. The summed E-state index contributed by atoms with van der Waals surface area (Å²) in [6.07, 6.45) is -3.40. The third-order valence-corrected chi connectivity index (χ3v) is 6.73. The molecular formula is C23H22ClF4N7O3. The molecule has 1 unspecified atom stereocenters. The number of carbonyl (C=O) groups excluding carboxylic acids is 1. The third kappa shape index (κ3) is 5.36. The fourth-order valence-corrected chi connectivity index (χ4v) is 4.79. The van der Waals surface area contributed by atoms with E-state index in [9.17, 15) is 27.2 Å². The topological polar surface area (TPSA) is 108 Å². The van der Waals surface area contributed by atoms with Gasteiger partial charge in [0.05, 0.1) is 30.1 Å². The van der Waals surface area contributed by atoms with E-state index in [0.717, 1.165) is 18.5 Å². The normalized spacial score (nSPS) is 18.8. The second-order valence-corrected chi connectivity index (χ2v) is 9.40. The Morgan fingerprint density at radius 1 is 1.11 bits per heavy atom. The number of aromatic amines is 1. The van der Waals surface area contributed by atoms with Crippen molar-refractivity contribution < 1.29 is 27.1 Å². The minimum Gasteiger partial charge on any atom is -0.374 e. The van der Waals surface area contributed by atoms with Gasteiger partial charge >= 0.3 is 6.18 Å². The van der Waals surface area contributed by atoms with Gasteiger partial charge < -0.3 is 19.4 Å². The van der Waals surface area contributed by atoms with Crippen LogP contribution >= 0.6 is 11.6 Å². The van der Waals surface area contributed by atoms with Crippen LogP contribution in [0.25, 0.3) is 10.8 Å². The number of hydrogen-bond donors (Lipinski definition) is 1. The van der Waals surface area contributed by atoms with Crippen LogP contribution in [0.5, 0.6) is 0 Å². The van der Waals surface area contributed by atoms with Crippen molar-refractivity contribution in [3.05, 3.63) is 51.3 Å². The van der Waals surface area contributed by atoms with Gasteiger partial charge in [-0.3, -0.25) is 9.59 Å². The van der Waals surface area contributed by atoms with Gasteiger partial charge in [-0.05, 0) is 12.1 Å². The molecule has 38 heavy (non-hydrogen) atoms. The first kappa shape index (κ1) is 26.1. The van der Waals surface area contributed by atoms with Gasteiger partial charge in [-0.15, -0.1) is 0 Å². The van der Waals surface area contributed by atoms with Crippen molar-refractivity contribution in [3.8, 4) is 0 Å². The second-order valence-electron chi connectivity index (χ2n) is 8.97. The molecule has 10 nitrogen and oxygen atoms in total. The molecule has 2 fully saturated rings. The zero-order valence-electron chi connectivity index (χ0n) is 19.8. The zero-order chi connectivity index (χ0) is 27.0. The average Bonchev–Trinajstić information content (AvgIpc) is 2.88. The number of carbonyl (C=O) groups is 1. The first-order valence-electron chi connectivity index (χ1n) is 11.8. The zero-order valence-corrected chi connectivity index (χ0v) is 20.6. The molecule has 1 N–H and O–H groups in total. The SMILES string of the molecule is O=C(CC1CN(c2n[nH]c(=O)c3c(F)cc(Cl)cc23)CCO1)N1CCN(c2ncc(C(F)(F)F)cn2)CC1. The number of rotatable bonds is 4. The molecule has 2 aliphatic heterocycles. The number of morpholine rings is 1. The number of H-pyrrole nitrogens is 1. The van der Waals surface area contributed by atoms with E-state index in [4.69, 9.17) is 16.3 Å². The number of anilines is 2. The van der Waals surface area contributed by atoms with Crippen LogP contribution < -0.4 is 15.4 Å². The Kier molecular flexibility index (Phi) is 7.09. The highest BCUT2D eigenvalue weighted by Crippen LogP contribution is 2.30. The second kappa shape index (κ2) is 10.3. The highest BCUT2D eigenvalue weighted by molar-refractivity contribution is 6.31. The monoisotopic (exact) mass is 555 g/mol. The molecule has 0 saturated carbocycles. The number of alkyl halides is 3. The number of nitrogens with zero attached hydrogens (tertiary/aromatic N) is 6. The quantitative estimate of drug-likeness (QED) is 0.489. The summed E-state index contributed by atoms with van der Waals surface area (Å²) in [5.41, 5.74) is -1.59. The highest BCUT2D eigenvalue weighted by Gasteiger charge is 2.32. The van der Waals surface area contributed by atoms with Crippen molar-refractivity contribution in [2.75, 3.05) is 55.7 Å². The molecule has 3 aromatic rings. The maximum Gasteiger partial charge on any atom is 0.419 e. The summed E-state index contributed by atoms with van der Waals surface area (Å²) in [7, 11) is 0. The van der Waals surface area contributed by atoms with Crippen LogP contribution in [-0.4, -0.2) is 83.0 Å². The predicted octanol–water partition coefficient (Wildman–Crippen LogP) is 2.47. The van der Waals surface area contributed by atoms with Crippen LogP contribution in [0.1, 0.15) is 12.0 Å². The van der Waals surface area contributed by atoms with Gasteiger partial charge in [-0.1, -0.05) is 11.6 Å². The fraction of sp³-hybridized carbons (Fsp3) is 0.435. The summed E-state index contributed by atoms with van der Waals surface area (Å²) in [4.78, 5) is 37.9. The lowest BCUT2D eigenvalue weighted by molar-refractivity contribution is -0.138. The molecule has 1 atom stereocenters. The number of piperazine rings is 1. The van der Waals surface area contributed by atoms with E-state index in [-0.39, 0.29) is 40.6 Å².